The van der Waals surface area contributed by atoms with Gasteiger partial charge in [-0.2, -0.15) is 0 Å². The summed E-state index contributed by atoms with van der Waals surface area (Å²) in [5.41, 5.74) is -0.480. The van der Waals surface area contributed by atoms with Crippen molar-refractivity contribution in [3.05, 3.63) is 23.2 Å². The van der Waals surface area contributed by atoms with Crippen molar-refractivity contribution in [1.29, 1.82) is 0 Å². The molecule has 0 bridgehead atoms. The maximum atomic E-state index is 13.3. The van der Waals surface area contributed by atoms with Crippen LogP contribution in [-0.2, 0) is 14.3 Å². The minimum atomic E-state index is -0.857. The number of amides is 1. The van der Waals surface area contributed by atoms with Gasteiger partial charge in [0.1, 0.15) is 11.4 Å². The van der Waals surface area contributed by atoms with Crippen molar-refractivity contribution in [3.8, 4) is 5.75 Å². The van der Waals surface area contributed by atoms with E-state index in [-0.39, 0.29) is 11.5 Å². The van der Waals surface area contributed by atoms with Crippen LogP contribution in [0.15, 0.2) is 18.2 Å². The van der Waals surface area contributed by atoms with E-state index in [1.165, 1.54) is 0 Å². The van der Waals surface area contributed by atoms with Gasteiger partial charge in [0.25, 0.3) is 5.91 Å². The molecule has 0 aromatic heterocycles. The number of halogens is 1. The first-order valence-electron chi connectivity index (χ1n) is 10.9. The molecular weight excluding hydrogens is 402 g/mol. The van der Waals surface area contributed by atoms with E-state index in [1.54, 1.807) is 19.2 Å². The zero-order chi connectivity index (χ0) is 22.9. The van der Waals surface area contributed by atoms with Crippen molar-refractivity contribution in [2.75, 3.05) is 25.6 Å². The molecule has 6 heteroatoms. The minimum absolute atomic E-state index is 0.127. The Morgan fingerprint density at radius 3 is 2.20 bits per heavy atom. The molecule has 0 atom stereocenters. The van der Waals surface area contributed by atoms with Gasteiger partial charge in [-0.3, -0.25) is 4.79 Å². The molecule has 0 aliphatic rings. The number of carbonyl (C=O) groups excluding carboxylic acids is 1. The van der Waals surface area contributed by atoms with Crippen molar-refractivity contribution in [3.63, 3.8) is 0 Å². The van der Waals surface area contributed by atoms with Gasteiger partial charge < -0.3 is 19.5 Å². The lowest BCUT2D eigenvalue weighted by molar-refractivity contribution is -0.146. The Labute approximate surface area is 187 Å². The molecule has 1 aromatic rings. The highest BCUT2D eigenvalue weighted by Crippen LogP contribution is 2.33. The number of hydrogen-bond acceptors (Lipinski definition) is 4. The lowest BCUT2D eigenvalue weighted by Crippen LogP contribution is -2.47. The summed E-state index contributed by atoms with van der Waals surface area (Å²) < 4.78 is 17.3. The molecule has 0 spiro atoms. The summed E-state index contributed by atoms with van der Waals surface area (Å²) in [6.45, 7) is 15.3. The highest BCUT2D eigenvalue weighted by molar-refractivity contribution is 6.32. The van der Waals surface area contributed by atoms with Crippen molar-refractivity contribution >= 4 is 23.2 Å². The van der Waals surface area contributed by atoms with Crippen molar-refractivity contribution in [2.45, 2.75) is 78.9 Å². The maximum Gasteiger partial charge on any atom is 0.256 e. The van der Waals surface area contributed by atoms with Crippen LogP contribution in [0.4, 0.5) is 5.69 Å². The number of carbonyl (C=O) groups is 1. The number of rotatable bonds is 13. The van der Waals surface area contributed by atoms with Crippen LogP contribution in [0.1, 0.15) is 67.7 Å². The Morgan fingerprint density at radius 1 is 1.13 bits per heavy atom. The quantitative estimate of drug-likeness (QED) is 0.388. The summed E-state index contributed by atoms with van der Waals surface area (Å²) in [6, 6.07) is 5.31. The molecule has 1 N–H and O–H groups in total. The summed E-state index contributed by atoms with van der Waals surface area (Å²) in [7, 11) is 1.69. The van der Waals surface area contributed by atoms with Gasteiger partial charge in [0, 0.05) is 25.8 Å². The first-order chi connectivity index (χ1) is 13.9. The second-order valence-electron chi connectivity index (χ2n) is 9.28. The molecule has 0 aliphatic heterocycles. The van der Waals surface area contributed by atoms with Crippen molar-refractivity contribution in [2.24, 2.45) is 11.8 Å². The van der Waals surface area contributed by atoms with Crippen LogP contribution in [0.25, 0.3) is 0 Å². The highest BCUT2D eigenvalue weighted by Gasteiger charge is 2.40. The molecule has 0 fully saturated rings. The van der Waals surface area contributed by atoms with Crippen LogP contribution in [0.5, 0.6) is 5.75 Å². The predicted molar refractivity (Wildman–Crippen MR) is 125 cm³/mol. The molecule has 172 valence electrons. The summed E-state index contributed by atoms with van der Waals surface area (Å²) in [5, 5.41) is 3.47. The molecule has 1 rings (SSSR count). The maximum absolute atomic E-state index is 13.3. The molecular formula is C24H40ClNO4. The zero-order valence-electron chi connectivity index (χ0n) is 19.9. The van der Waals surface area contributed by atoms with Crippen LogP contribution in [0, 0.1) is 11.8 Å². The third-order valence-corrected chi connectivity index (χ3v) is 5.31. The fraction of sp³-hybridized carbons (Fsp3) is 0.708. The average molecular weight is 442 g/mol. The number of ether oxygens (including phenoxy) is 3. The lowest BCUT2D eigenvalue weighted by atomic mass is 9.83. The summed E-state index contributed by atoms with van der Waals surface area (Å²) in [4.78, 5) is 13.3. The number of anilines is 1. The van der Waals surface area contributed by atoms with E-state index in [0.717, 1.165) is 6.42 Å². The molecule has 0 radical (unpaired) electrons. The smallest absolute Gasteiger partial charge is 0.256 e. The Balaban J connectivity index is 2.93. The Hall–Kier alpha value is -1.30. The van der Waals surface area contributed by atoms with Crippen molar-refractivity contribution < 1.29 is 19.0 Å². The molecule has 0 saturated heterocycles. The van der Waals surface area contributed by atoms with Crippen molar-refractivity contribution in [1.82, 2.24) is 0 Å². The van der Waals surface area contributed by atoms with Gasteiger partial charge >= 0.3 is 0 Å². The molecule has 0 saturated carbocycles. The second-order valence-corrected chi connectivity index (χ2v) is 9.69. The van der Waals surface area contributed by atoms with E-state index in [0.29, 0.717) is 54.4 Å². The number of nitrogens with one attached hydrogen (secondary N) is 1. The van der Waals surface area contributed by atoms with Gasteiger partial charge in [-0.25, -0.2) is 0 Å². The third-order valence-electron chi connectivity index (χ3n) is 5.01. The number of benzene rings is 1. The van der Waals surface area contributed by atoms with Gasteiger partial charge in [-0.15, -0.1) is 0 Å². The molecule has 1 amide bonds. The fourth-order valence-electron chi connectivity index (χ4n) is 3.50. The van der Waals surface area contributed by atoms with Crippen LogP contribution in [0.3, 0.4) is 0 Å². The van der Waals surface area contributed by atoms with Gasteiger partial charge in [-0.05, 0) is 63.6 Å². The van der Waals surface area contributed by atoms with Crippen LogP contribution in [0.2, 0.25) is 5.02 Å². The molecule has 1 aromatic carbocycles. The van der Waals surface area contributed by atoms with E-state index < -0.39 is 5.60 Å². The largest absolute Gasteiger partial charge is 0.492 e. The summed E-state index contributed by atoms with van der Waals surface area (Å²) in [5.74, 6) is 1.12. The van der Waals surface area contributed by atoms with Gasteiger partial charge in [-0.1, -0.05) is 39.3 Å². The van der Waals surface area contributed by atoms with E-state index >= 15 is 0 Å². The molecule has 0 unspecified atom stereocenters. The molecule has 30 heavy (non-hydrogen) atoms. The highest BCUT2D eigenvalue weighted by atomic mass is 35.5. The standard InChI is InChI=1S/C24H40ClNO4/c1-9-30-24(15-17(2)3,16-18(4)5)22(27)26-19-10-11-21(20(25)14-19)29-13-12-23(6,7)28-8/h10-11,14,17-18H,9,12-13,15-16H2,1-8H3,(H,26,27). The third kappa shape index (κ3) is 8.44. The van der Waals surface area contributed by atoms with E-state index in [2.05, 4.69) is 33.0 Å². The lowest BCUT2D eigenvalue weighted by Gasteiger charge is -2.35. The minimum Gasteiger partial charge on any atom is -0.492 e. The average Bonchev–Trinajstić information content (AvgIpc) is 2.62. The summed E-state index contributed by atoms with van der Waals surface area (Å²) >= 11 is 6.40. The van der Waals surface area contributed by atoms with E-state index in [1.807, 2.05) is 26.8 Å². The predicted octanol–water partition coefficient (Wildman–Crippen LogP) is 6.34. The number of methoxy groups -OCH3 is 1. The molecule has 0 heterocycles. The van der Waals surface area contributed by atoms with Crippen LogP contribution in [-0.4, -0.2) is 37.4 Å². The van der Waals surface area contributed by atoms with Gasteiger partial charge in [0.05, 0.1) is 17.2 Å². The SMILES string of the molecule is CCOC(CC(C)C)(CC(C)C)C(=O)Nc1ccc(OCCC(C)(C)OC)c(Cl)c1. The first-order valence-corrected chi connectivity index (χ1v) is 11.3. The molecule has 5 nitrogen and oxygen atoms in total. The van der Waals surface area contributed by atoms with E-state index in [4.69, 9.17) is 25.8 Å². The van der Waals surface area contributed by atoms with Crippen LogP contribution >= 0.6 is 11.6 Å². The Morgan fingerprint density at radius 2 is 1.73 bits per heavy atom. The topological polar surface area (TPSA) is 56.8 Å². The monoisotopic (exact) mass is 441 g/mol. The number of hydrogen-bond donors (Lipinski definition) is 1. The first kappa shape index (κ1) is 26.7. The van der Waals surface area contributed by atoms with Crippen LogP contribution < -0.4 is 10.1 Å². The Bertz CT molecular complexity index is 663. The second kappa shape index (κ2) is 11.9. The normalized spacial score (nSPS) is 12.5. The van der Waals surface area contributed by atoms with Gasteiger partial charge in [0.15, 0.2) is 0 Å². The molecule has 0 aliphatic carbocycles. The Kier molecular flexibility index (Phi) is 10.6. The zero-order valence-corrected chi connectivity index (χ0v) is 20.7. The van der Waals surface area contributed by atoms with Gasteiger partial charge in [0.2, 0.25) is 0 Å². The summed E-state index contributed by atoms with van der Waals surface area (Å²) in [6.07, 6.45) is 2.06. The van der Waals surface area contributed by atoms with E-state index in [9.17, 15) is 4.79 Å². The fourth-order valence-corrected chi connectivity index (χ4v) is 3.73.